The van der Waals surface area contributed by atoms with E-state index in [1.54, 1.807) is 12.1 Å². The number of piperidine rings is 1. The molecule has 2 aliphatic heterocycles. The zero-order valence-electron chi connectivity index (χ0n) is 14.0. The van der Waals surface area contributed by atoms with Gasteiger partial charge in [-0.3, -0.25) is 4.90 Å². The van der Waals surface area contributed by atoms with Gasteiger partial charge in [0.05, 0.1) is 11.4 Å². The summed E-state index contributed by atoms with van der Waals surface area (Å²) in [6.45, 7) is 4.40. The van der Waals surface area contributed by atoms with Crippen LogP contribution in [0.1, 0.15) is 31.4 Å². The van der Waals surface area contributed by atoms with E-state index in [0.717, 1.165) is 37.3 Å². The zero-order chi connectivity index (χ0) is 16.4. The van der Waals surface area contributed by atoms with Crippen molar-refractivity contribution in [1.29, 1.82) is 0 Å². The Balaban J connectivity index is 1.38. The van der Waals surface area contributed by atoms with E-state index in [4.69, 9.17) is 0 Å². The SMILES string of the molecule is Fc1ccc(-n2nccc2CN2CCC(C3CCCN3)CC2)cc1. The quantitative estimate of drug-likeness (QED) is 0.937. The summed E-state index contributed by atoms with van der Waals surface area (Å²) in [5, 5.41) is 8.08. The van der Waals surface area contributed by atoms with Gasteiger partial charge in [-0.05, 0) is 81.6 Å². The number of nitrogens with zero attached hydrogens (tertiary/aromatic N) is 3. The minimum atomic E-state index is -0.213. The molecule has 0 bridgehead atoms. The second kappa shape index (κ2) is 7.03. The van der Waals surface area contributed by atoms with Crippen LogP contribution in [0.5, 0.6) is 0 Å². The van der Waals surface area contributed by atoms with Gasteiger partial charge in [0.15, 0.2) is 0 Å². The van der Waals surface area contributed by atoms with Crippen molar-refractivity contribution in [2.24, 2.45) is 5.92 Å². The summed E-state index contributed by atoms with van der Waals surface area (Å²) in [7, 11) is 0. The van der Waals surface area contributed by atoms with Crippen molar-refractivity contribution in [1.82, 2.24) is 20.0 Å². The summed E-state index contributed by atoms with van der Waals surface area (Å²) in [5.41, 5.74) is 2.08. The molecule has 1 aromatic heterocycles. The monoisotopic (exact) mass is 328 g/mol. The highest BCUT2D eigenvalue weighted by atomic mass is 19.1. The molecule has 2 aliphatic rings. The molecule has 4 nitrogen and oxygen atoms in total. The molecule has 24 heavy (non-hydrogen) atoms. The topological polar surface area (TPSA) is 33.1 Å². The molecule has 1 aromatic carbocycles. The zero-order valence-corrected chi connectivity index (χ0v) is 14.0. The number of hydrogen-bond donors (Lipinski definition) is 1. The molecule has 0 amide bonds. The lowest BCUT2D eigenvalue weighted by Crippen LogP contribution is -2.40. The van der Waals surface area contributed by atoms with Crippen LogP contribution in [-0.2, 0) is 6.54 Å². The summed E-state index contributed by atoms with van der Waals surface area (Å²) in [5.74, 6) is 0.626. The lowest BCUT2D eigenvalue weighted by atomic mass is 9.88. The van der Waals surface area contributed by atoms with E-state index in [-0.39, 0.29) is 5.82 Å². The Morgan fingerprint density at radius 3 is 2.58 bits per heavy atom. The average molecular weight is 328 g/mol. The predicted molar refractivity (Wildman–Crippen MR) is 92.5 cm³/mol. The molecule has 2 saturated heterocycles. The lowest BCUT2D eigenvalue weighted by molar-refractivity contribution is 0.155. The number of likely N-dealkylation sites (tertiary alicyclic amines) is 1. The first-order chi connectivity index (χ1) is 11.8. The fourth-order valence-electron chi connectivity index (χ4n) is 4.12. The van der Waals surface area contributed by atoms with Gasteiger partial charge in [0, 0.05) is 18.8 Å². The van der Waals surface area contributed by atoms with Gasteiger partial charge in [0.25, 0.3) is 0 Å². The van der Waals surface area contributed by atoms with E-state index in [0.29, 0.717) is 0 Å². The molecule has 0 saturated carbocycles. The Hall–Kier alpha value is -1.72. The van der Waals surface area contributed by atoms with Crippen molar-refractivity contribution in [3.63, 3.8) is 0 Å². The summed E-state index contributed by atoms with van der Waals surface area (Å²) in [4.78, 5) is 2.52. The van der Waals surface area contributed by atoms with Crippen molar-refractivity contribution < 1.29 is 4.39 Å². The smallest absolute Gasteiger partial charge is 0.123 e. The fourth-order valence-corrected chi connectivity index (χ4v) is 4.12. The van der Waals surface area contributed by atoms with E-state index in [1.165, 1.54) is 50.1 Å². The lowest BCUT2D eigenvalue weighted by Gasteiger charge is -2.34. The van der Waals surface area contributed by atoms with Crippen LogP contribution in [0.15, 0.2) is 36.5 Å². The standard InChI is InChI=1S/C19H25FN4/c20-16-3-5-17(6-4-16)24-18(7-11-22-24)14-23-12-8-15(9-13-23)19-2-1-10-21-19/h3-7,11,15,19,21H,1-2,8-10,12-14H2. The Labute approximate surface area is 142 Å². The Morgan fingerprint density at radius 1 is 1.08 bits per heavy atom. The molecule has 2 aromatic rings. The van der Waals surface area contributed by atoms with Crippen LogP contribution >= 0.6 is 0 Å². The van der Waals surface area contributed by atoms with Crippen LogP contribution in [0.2, 0.25) is 0 Å². The maximum Gasteiger partial charge on any atom is 0.123 e. The van der Waals surface area contributed by atoms with Crippen molar-refractivity contribution in [2.75, 3.05) is 19.6 Å². The van der Waals surface area contributed by atoms with E-state index in [2.05, 4.69) is 21.4 Å². The molecule has 4 rings (SSSR count). The summed E-state index contributed by atoms with van der Waals surface area (Å²) in [6.07, 6.45) is 7.07. The summed E-state index contributed by atoms with van der Waals surface area (Å²) in [6, 6.07) is 9.35. The predicted octanol–water partition coefficient (Wildman–Crippen LogP) is 2.98. The Kier molecular flexibility index (Phi) is 4.63. The number of hydrogen-bond acceptors (Lipinski definition) is 3. The summed E-state index contributed by atoms with van der Waals surface area (Å²) < 4.78 is 15.0. The van der Waals surface area contributed by atoms with Crippen LogP contribution in [0.4, 0.5) is 4.39 Å². The maximum atomic E-state index is 13.1. The normalized spacial score (nSPS) is 23.0. The van der Waals surface area contributed by atoms with Gasteiger partial charge in [-0.25, -0.2) is 9.07 Å². The van der Waals surface area contributed by atoms with E-state index < -0.39 is 0 Å². The Bertz CT molecular complexity index is 652. The minimum absolute atomic E-state index is 0.213. The van der Waals surface area contributed by atoms with Crippen molar-refractivity contribution >= 4 is 0 Å². The highest BCUT2D eigenvalue weighted by Crippen LogP contribution is 2.26. The van der Waals surface area contributed by atoms with Crippen molar-refractivity contribution in [2.45, 2.75) is 38.3 Å². The largest absolute Gasteiger partial charge is 0.314 e. The molecule has 3 heterocycles. The second-order valence-electron chi connectivity index (χ2n) is 7.03. The third kappa shape index (κ3) is 3.37. The van der Waals surface area contributed by atoms with Gasteiger partial charge in [-0.2, -0.15) is 5.10 Å². The molecular weight excluding hydrogens is 303 g/mol. The molecular formula is C19H25FN4. The van der Waals surface area contributed by atoms with Gasteiger partial charge in [0.2, 0.25) is 0 Å². The number of halogens is 1. The van der Waals surface area contributed by atoms with Gasteiger partial charge < -0.3 is 5.32 Å². The first kappa shape index (κ1) is 15.8. The van der Waals surface area contributed by atoms with Gasteiger partial charge in [-0.1, -0.05) is 0 Å². The molecule has 128 valence electrons. The van der Waals surface area contributed by atoms with Crippen LogP contribution in [0.25, 0.3) is 5.69 Å². The van der Waals surface area contributed by atoms with Gasteiger partial charge in [0.1, 0.15) is 5.82 Å². The van der Waals surface area contributed by atoms with Crippen molar-refractivity contribution in [3.8, 4) is 5.69 Å². The highest BCUT2D eigenvalue weighted by molar-refractivity contribution is 5.32. The molecule has 1 unspecified atom stereocenters. The highest BCUT2D eigenvalue weighted by Gasteiger charge is 2.28. The molecule has 0 radical (unpaired) electrons. The Morgan fingerprint density at radius 2 is 1.88 bits per heavy atom. The van der Waals surface area contributed by atoms with Gasteiger partial charge in [-0.15, -0.1) is 0 Å². The molecule has 1 N–H and O–H groups in total. The first-order valence-corrected chi connectivity index (χ1v) is 9.04. The van der Waals surface area contributed by atoms with E-state index in [9.17, 15) is 4.39 Å². The second-order valence-corrected chi connectivity index (χ2v) is 7.03. The fraction of sp³-hybridized carbons (Fsp3) is 0.526. The van der Waals surface area contributed by atoms with Crippen LogP contribution in [-0.4, -0.2) is 40.4 Å². The van der Waals surface area contributed by atoms with E-state index >= 15 is 0 Å². The summed E-state index contributed by atoms with van der Waals surface area (Å²) >= 11 is 0. The third-order valence-corrected chi connectivity index (χ3v) is 5.48. The van der Waals surface area contributed by atoms with Gasteiger partial charge >= 0.3 is 0 Å². The first-order valence-electron chi connectivity index (χ1n) is 9.04. The maximum absolute atomic E-state index is 13.1. The minimum Gasteiger partial charge on any atom is -0.314 e. The molecule has 5 heteroatoms. The van der Waals surface area contributed by atoms with E-state index in [1.807, 2.05) is 10.9 Å². The number of benzene rings is 1. The number of aromatic nitrogens is 2. The van der Waals surface area contributed by atoms with Crippen LogP contribution < -0.4 is 5.32 Å². The molecule has 0 aliphatic carbocycles. The molecule has 1 atom stereocenters. The molecule has 2 fully saturated rings. The number of rotatable bonds is 4. The number of nitrogens with one attached hydrogen (secondary N) is 1. The van der Waals surface area contributed by atoms with Crippen LogP contribution in [0.3, 0.4) is 0 Å². The van der Waals surface area contributed by atoms with Crippen LogP contribution in [0, 0.1) is 11.7 Å². The molecule has 0 spiro atoms. The third-order valence-electron chi connectivity index (χ3n) is 5.48. The average Bonchev–Trinajstić information content (AvgIpc) is 3.28. The van der Waals surface area contributed by atoms with Crippen molar-refractivity contribution in [3.05, 3.63) is 48.0 Å².